The third-order valence-corrected chi connectivity index (χ3v) is 9.67. The lowest BCUT2D eigenvalue weighted by atomic mass is 9.94. The van der Waals surface area contributed by atoms with Crippen molar-refractivity contribution >= 4 is 43.5 Å². The average molecular weight is 669 g/mol. The van der Waals surface area contributed by atoms with Gasteiger partial charge in [0.2, 0.25) is 21.8 Å². The van der Waals surface area contributed by atoms with Gasteiger partial charge in [-0.05, 0) is 61.1 Å². The molecule has 4 rings (SSSR count). The highest BCUT2D eigenvalue weighted by atomic mass is 79.9. The van der Waals surface area contributed by atoms with Crippen molar-refractivity contribution in [3.8, 4) is 0 Å². The first-order valence-electron chi connectivity index (χ1n) is 15.0. The fraction of sp³-hybridized carbons (Fsp3) is 0.412. The minimum Gasteiger partial charge on any atom is -0.352 e. The number of aryl methyl sites for hydroxylation is 1. The topological polar surface area (TPSA) is 86.8 Å². The Balaban J connectivity index is 1.59. The first kappa shape index (κ1) is 32.7. The van der Waals surface area contributed by atoms with Gasteiger partial charge in [0.15, 0.2) is 0 Å². The minimum atomic E-state index is -3.56. The first-order valence-corrected chi connectivity index (χ1v) is 17.7. The quantitative estimate of drug-likeness (QED) is 0.229. The van der Waals surface area contributed by atoms with Crippen LogP contribution in [0.3, 0.4) is 0 Å². The Kier molecular flexibility index (Phi) is 11.8. The van der Waals surface area contributed by atoms with Gasteiger partial charge in [0.25, 0.3) is 0 Å². The second-order valence-electron chi connectivity index (χ2n) is 11.4. The number of para-hydroxylation sites is 1. The van der Waals surface area contributed by atoms with Gasteiger partial charge in [-0.2, -0.15) is 0 Å². The van der Waals surface area contributed by atoms with Crippen LogP contribution in [0.4, 0.5) is 5.69 Å². The van der Waals surface area contributed by atoms with Crippen LogP contribution in [0.15, 0.2) is 83.3 Å². The summed E-state index contributed by atoms with van der Waals surface area (Å²) in [6.07, 6.45) is 7.25. The summed E-state index contributed by atoms with van der Waals surface area (Å²) in [5.74, 6) is -0.324. The minimum absolute atomic E-state index is 0.105. The van der Waals surface area contributed by atoms with E-state index in [1.54, 1.807) is 11.0 Å². The normalized spacial score (nSPS) is 14.6. The van der Waals surface area contributed by atoms with E-state index < -0.39 is 16.1 Å². The van der Waals surface area contributed by atoms with E-state index in [0.29, 0.717) is 18.5 Å². The molecule has 0 radical (unpaired) electrons. The number of hydrogen-bond donors (Lipinski definition) is 1. The monoisotopic (exact) mass is 667 g/mol. The molecule has 7 nitrogen and oxygen atoms in total. The third kappa shape index (κ3) is 9.66. The Labute approximate surface area is 264 Å². The molecule has 1 N–H and O–H groups in total. The van der Waals surface area contributed by atoms with Crippen molar-refractivity contribution in [3.63, 3.8) is 0 Å². The summed E-state index contributed by atoms with van der Waals surface area (Å²) >= 11 is 3.53. The number of amides is 2. The van der Waals surface area contributed by atoms with Crippen molar-refractivity contribution in [1.82, 2.24) is 10.2 Å². The molecule has 0 saturated heterocycles. The molecular formula is C34H42BrN3O4S. The molecule has 1 fully saturated rings. The van der Waals surface area contributed by atoms with Crippen molar-refractivity contribution in [2.75, 3.05) is 17.1 Å². The number of hydrogen-bond acceptors (Lipinski definition) is 4. The number of anilines is 1. The lowest BCUT2D eigenvalue weighted by Crippen LogP contribution is -2.53. The number of rotatable bonds is 13. The molecule has 43 heavy (non-hydrogen) atoms. The standard InChI is InChI=1S/C34H42BrN3O4S/c1-26-13-9-10-20-31(26)38(43(2,41)42)22-12-21-33(39)37(25-28-16-11-17-29(35)23-28)32(24-27-14-5-3-6-15-27)34(40)36-30-18-7-4-8-19-30/h3,5-6,9-11,13-17,20,23,30,32H,4,7-8,12,18-19,21-22,24-25H2,1-2H3,(H,36,40)/t32-/m1/s1. The predicted molar refractivity (Wildman–Crippen MR) is 176 cm³/mol. The maximum absolute atomic E-state index is 14.1. The van der Waals surface area contributed by atoms with Crippen LogP contribution in [0, 0.1) is 6.92 Å². The Bertz CT molecular complexity index is 1480. The summed E-state index contributed by atoms with van der Waals surface area (Å²) in [5.41, 5.74) is 3.33. The Hall–Kier alpha value is -3.17. The zero-order valence-electron chi connectivity index (χ0n) is 25.0. The average Bonchev–Trinajstić information content (AvgIpc) is 2.98. The number of nitrogens with zero attached hydrogens (tertiary/aromatic N) is 2. The number of nitrogens with one attached hydrogen (secondary N) is 1. The molecule has 1 saturated carbocycles. The summed E-state index contributed by atoms with van der Waals surface area (Å²) in [4.78, 5) is 29.7. The molecule has 230 valence electrons. The van der Waals surface area contributed by atoms with Crippen molar-refractivity contribution in [1.29, 1.82) is 0 Å². The number of carbonyl (C=O) groups excluding carboxylic acids is 2. The van der Waals surface area contributed by atoms with Crippen LogP contribution in [0.2, 0.25) is 0 Å². The van der Waals surface area contributed by atoms with Gasteiger partial charge in [0.1, 0.15) is 6.04 Å². The smallest absolute Gasteiger partial charge is 0.243 e. The van der Waals surface area contributed by atoms with Gasteiger partial charge in [-0.3, -0.25) is 13.9 Å². The van der Waals surface area contributed by atoms with E-state index in [-0.39, 0.29) is 37.4 Å². The maximum Gasteiger partial charge on any atom is 0.243 e. The predicted octanol–water partition coefficient (Wildman–Crippen LogP) is 6.39. The highest BCUT2D eigenvalue weighted by Gasteiger charge is 2.32. The number of sulfonamides is 1. The van der Waals surface area contributed by atoms with Crippen LogP contribution in [0.25, 0.3) is 0 Å². The summed E-state index contributed by atoms with van der Waals surface area (Å²) in [6, 6.07) is 24.3. The maximum atomic E-state index is 14.1. The summed E-state index contributed by atoms with van der Waals surface area (Å²) in [5, 5.41) is 3.26. The highest BCUT2D eigenvalue weighted by Crippen LogP contribution is 2.24. The van der Waals surface area contributed by atoms with E-state index in [1.165, 1.54) is 17.0 Å². The molecule has 0 spiro atoms. The molecule has 0 unspecified atom stereocenters. The molecule has 9 heteroatoms. The molecule has 0 bridgehead atoms. The molecule has 0 aliphatic heterocycles. The lowest BCUT2D eigenvalue weighted by molar-refractivity contribution is -0.141. The van der Waals surface area contributed by atoms with E-state index >= 15 is 0 Å². The molecule has 3 aromatic carbocycles. The SMILES string of the molecule is Cc1ccccc1N(CCCC(=O)N(Cc1cccc(Br)c1)[C@H](Cc1ccccc1)C(=O)NC1CCCCC1)S(C)(=O)=O. The van der Waals surface area contributed by atoms with Gasteiger partial charge < -0.3 is 10.2 Å². The molecule has 3 aromatic rings. The first-order chi connectivity index (χ1) is 20.6. The fourth-order valence-electron chi connectivity index (χ4n) is 5.76. The molecular weight excluding hydrogens is 626 g/mol. The molecule has 1 aliphatic rings. The van der Waals surface area contributed by atoms with Gasteiger partial charge >= 0.3 is 0 Å². The molecule has 0 aromatic heterocycles. The number of halogens is 1. The van der Waals surface area contributed by atoms with E-state index in [9.17, 15) is 18.0 Å². The number of benzene rings is 3. The van der Waals surface area contributed by atoms with Crippen LogP contribution in [0.5, 0.6) is 0 Å². The summed E-state index contributed by atoms with van der Waals surface area (Å²) in [7, 11) is -3.56. The van der Waals surface area contributed by atoms with Gasteiger partial charge in [0, 0.05) is 36.4 Å². The van der Waals surface area contributed by atoms with Gasteiger partial charge in [-0.15, -0.1) is 0 Å². The van der Waals surface area contributed by atoms with E-state index in [4.69, 9.17) is 0 Å². The summed E-state index contributed by atoms with van der Waals surface area (Å²) < 4.78 is 27.7. The Morgan fingerprint density at radius 1 is 0.930 bits per heavy atom. The largest absolute Gasteiger partial charge is 0.352 e. The zero-order chi connectivity index (χ0) is 30.8. The van der Waals surface area contributed by atoms with E-state index in [0.717, 1.165) is 46.8 Å². The van der Waals surface area contributed by atoms with Crippen LogP contribution in [-0.2, 0) is 32.6 Å². The Morgan fingerprint density at radius 3 is 2.28 bits per heavy atom. The fourth-order valence-corrected chi connectivity index (χ4v) is 7.23. The van der Waals surface area contributed by atoms with Gasteiger partial charge in [-0.25, -0.2) is 8.42 Å². The van der Waals surface area contributed by atoms with E-state index in [2.05, 4.69) is 21.2 Å². The van der Waals surface area contributed by atoms with Crippen LogP contribution >= 0.6 is 15.9 Å². The van der Waals surface area contributed by atoms with Crippen LogP contribution in [0.1, 0.15) is 61.6 Å². The summed E-state index contributed by atoms with van der Waals surface area (Å²) in [6.45, 7) is 2.30. The highest BCUT2D eigenvalue weighted by molar-refractivity contribution is 9.10. The third-order valence-electron chi connectivity index (χ3n) is 8.00. The lowest BCUT2D eigenvalue weighted by Gasteiger charge is -2.34. The molecule has 1 aliphatic carbocycles. The molecule has 0 heterocycles. The van der Waals surface area contributed by atoms with Gasteiger partial charge in [0.05, 0.1) is 11.9 Å². The Morgan fingerprint density at radius 2 is 1.60 bits per heavy atom. The zero-order valence-corrected chi connectivity index (χ0v) is 27.4. The van der Waals surface area contributed by atoms with Crippen LogP contribution < -0.4 is 9.62 Å². The van der Waals surface area contributed by atoms with Crippen molar-refractivity contribution in [2.45, 2.75) is 76.9 Å². The second-order valence-corrected chi connectivity index (χ2v) is 14.2. The van der Waals surface area contributed by atoms with Crippen LogP contribution in [-0.4, -0.2) is 50.0 Å². The van der Waals surface area contributed by atoms with Crippen molar-refractivity contribution in [3.05, 3.63) is 100 Å². The second kappa shape index (κ2) is 15.5. The van der Waals surface area contributed by atoms with Crippen molar-refractivity contribution < 1.29 is 18.0 Å². The molecule has 1 atom stereocenters. The number of carbonyl (C=O) groups is 2. The van der Waals surface area contributed by atoms with Gasteiger partial charge in [-0.1, -0.05) is 95.9 Å². The molecule has 2 amide bonds. The van der Waals surface area contributed by atoms with E-state index in [1.807, 2.05) is 79.7 Å². The van der Waals surface area contributed by atoms with Crippen molar-refractivity contribution in [2.24, 2.45) is 0 Å².